The van der Waals surface area contributed by atoms with Gasteiger partial charge in [0.1, 0.15) is 0 Å². The largest absolute Gasteiger partial charge is 0.385 e. The Kier molecular flexibility index (Phi) is 2.77. The second-order valence-electron chi connectivity index (χ2n) is 4.41. The summed E-state index contributed by atoms with van der Waals surface area (Å²) in [5, 5.41) is 4.24. The van der Waals surface area contributed by atoms with E-state index in [9.17, 15) is 0 Å². The van der Waals surface area contributed by atoms with Crippen molar-refractivity contribution in [3.05, 3.63) is 64.7 Å². The van der Waals surface area contributed by atoms with Gasteiger partial charge in [-0.05, 0) is 35.7 Å². The molecule has 2 aromatic rings. The van der Waals surface area contributed by atoms with E-state index in [-0.39, 0.29) is 0 Å². The third-order valence-electron chi connectivity index (χ3n) is 3.34. The van der Waals surface area contributed by atoms with Gasteiger partial charge in [0.2, 0.25) is 0 Å². The van der Waals surface area contributed by atoms with Crippen LogP contribution in [0.4, 0.5) is 5.69 Å². The minimum absolute atomic E-state index is 0.464. The number of halogens is 1. The van der Waals surface area contributed by atoms with E-state index in [1.165, 1.54) is 16.8 Å². The van der Waals surface area contributed by atoms with Crippen molar-refractivity contribution in [2.24, 2.45) is 0 Å². The van der Waals surface area contributed by atoms with E-state index >= 15 is 0 Å². The zero-order valence-electron chi connectivity index (χ0n) is 9.49. The summed E-state index contributed by atoms with van der Waals surface area (Å²) in [6.45, 7) is 1.02. The summed E-state index contributed by atoms with van der Waals surface area (Å²) in [6, 6.07) is 16.8. The fourth-order valence-corrected chi connectivity index (χ4v) is 2.70. The van der Waals surface area contributed by atoms with Gasteiger partial charge < -0.3 is 5.32 Å². The summed E-state index contributed by atoms with van der Waals surface area (Å²) >= 11 is 6.10. The average molecular weight is 244 g/mol. The molecule has 3 rings (SSSR count). The van der Waals surface area contributed by atoms with E-state index in [0.717, 1.165) is 18.0 Å². The molecule has 86 valence electrons. The van der Waals surface area contributed by atoms with Crippen LogP contribution in [0.15, 0.2) is 48.5 Å². The summed E-state index contributed by atoms with van der Waals surface area (Å²) < 4.78 is 0. The minimum Gasteiger partial charge on any atom is -0.385 e. The fraction of sp³-hybridized carbons (Fsp3) is 0.200. The van der Waals surface area contributed by atoms with E-state index in [0.29, 0.717) is 5.92 Å². The van der Waals surface area contributed by atoms with Crippen LogP contribution in [-0.4, -0.2) is 6.54 Å². The van der Waals surface area contributed by atoms with Gasteiger partial charge in [-0.15, -0.1) is 0 Å². The molecule has 2 heteroatoms. The molecule has 1 aliphatic heterocycles. The monoisotopic (exact) mass is 243 g/mol. The summed E-state index contributed by atoms with van der Waals surface area (Å²) in [7, 11) is 0. The minimum atomic E-state index is 0.464. The highest BCUT2D eigenvalue weighted by atomic mass is 35.5. The predicted octanol–water partition coefficient (Wildman–Crippen LogP) is 4.29. The zero-order valence-corrected chi connectivity index (χ0v) is 10.2. The van der Waals surface area contributed by atoms with E-state index < -0.39 is 0 Å². The maximum Gasteiger partial charge on any atom is 0.0410 e. The van der Waals surface area contributed by atoms with Gasteiger partial charge >= 0.3 is 0 Å². The van der Waals surface area contributed by atoms with Crippen molar-refractivity contribution in [3.8, 4) is 0 Å². The molecule has 2 aromatic carbocycles. The van der Waals surface area contributed by atoms with Crippen molar-refractivity contribution in [1.29, 1.82) is 0 Å². The van der Waals surface area contributed by atoms with Gasteiger partial charge in [0.15, 0.2) is 0 Å². The lowest BCUT2D eigenvalue weighted by Crippen LogP contribution is -2.17. The molecule has 0 amide bonds. The molecule has 0 spiro atoms. The number of benzene rings is 2. The van der Waals surface area contributed by atoms with Crippen molar-refractivity contribution in [3.63, 3.8) is 0 Å². The molecule has 0 fully saturated rings. The first-order valence-electron chi connectivity index (χ1n) is 5.93. The van der Waals surface area contributed by atoms with Crippen LogP contribution in [0.2, 0.25) is 5.02 Å². The van der Waals surface area contributed by atoms with Crippen molar-refractivity contribution in [1.82, 2.24) is 0 Å². The molecule has 0 bridgehead atoms. The van der Waals surface area contributed by atoms with Gasteiger partial charge in [-0.2, -0.15) is 0 Å². The molecule has 0 radical (unpaired) electrons. The number of fused-ring (bicyclic) bond motifs is 1. The predicted molar refractivity (Wildman–Crippen MR) is 72.8 cm³/mol. The highest BCUT2D eigenvalue weighted by molar-refractivity contribution is 6.30. The summed E-state index contributed by atoms with van der Waals surface area (Å²) in [5.74, 6) is 0.464. The number of rotatable bonds is 1. The second kappa shape index (κ2) is 4.42. The number of nitrogens with one attached hydrogen (secondary N) is 1. The smallest absolute Gasteiger partial charge is 0.0410 e. The van der Waals surface area contributed by atoms with Gasteiger partial charge in [-0.25, -0.2) is 0 Å². The molecule has 0 aliphatic carbocycles. The molecule has 17 heavy (non-hydrogen) atoms. The fourth-order valence-electron chi connectivity index (χ4n) is 2.52. The molecule has 0 saturated heterocycles. The van der Waals surface area contributed by atoms with Gasteiger partial charge in [0, 0.05) is 23.2 Å². The third-order valence-corrected chi connectivity index (χ3v) is 3.57. The van der Waals surface area contributed by atoms with E-state index in [1.54, 1.807) is 0 Å². The first-order valence-corrected chi connectivity index (χ1v) is 6.30. The van der Waals surface area contributed by atoms with Crippen molar-refractivity contribution >= 4 is 17.3 Å². The third kappa shape index (κ3) is 2.03. The molecule has 1 nitrogen and oxygen atoms in total. The lowest BCUT2D eigenvalue weighted by molar-refractivity contribution is 0.720. The molecular formula is C15H14ClN. The standard InChI is InChI=1S/C15H14ClN/c16-12-6-7-15-14(10-12)13(8-9-17-15)11-4-2-1-3-5-11/h1-7,10,13,17H,8-9H2. The van der Waals surface area contributed by atoms with Crippen LogP contribution in [-0.2, 0) is 0 Å². The Labute approximate surface area is 106 Å². The Morgan fingerprint density at radius 3 is 2.71 bits per heavy atom. The van der Waals surface area contributed by atoms with Crippen LogP contribution < -0.4 is 5.32 Å². The van der Waals surface area contributed by atoms with Gasteiger partial charge in [0.05, 0.1) is 0 Å². The Morgan fingerprint density at radius 1 is 1.06 bits per heavy atom. The van der Waals surface area contributed by atoms with Crippen LogP contribution in [0.25, 0.3) is 0 Å². The summed E-state index contributed by atoms with van der Waals surface area (Å²) in [6.07, 6.45) is 1.12. The molecule has 1 aliphatic rings. The normalized spacial score (nSPS) is 18.3. The highest BCUT2D eigenvalue weighted by Crippen LogP contribution is 2.37. The van der Waals surface area contributed by atoms with Gasteiger partial charge in [-0.1, -0.05) is 41.9 Å². The molecule has 1 atom stereocenters. The molecule has 1 heterocycles. The molecule has 0 saturated carbocycles. The van der Waals surface area contributed by atoms with E-state index in [1.807, 2.05) is 6.07 Å². The SMILES string of the molecule is Clc1ccc2c(c1)C(c1ccccc1)CCN2. The van der Waals surface area contributed by atoms with Crippen LogP contribution in [0.3, 0.4) is 0 Å². The second-order valence-corrected chi connectivity index (χ2v) is 4.85. The Balaban J connectivity index is 2.08. The van der Waals surface area contributed by atoms with Gasteiger partial charge in [0.25, 0.3) is 0 Å². The Bertz CT molecular complexity index is 522. The van der Waals surface area contributed by atoms with Crippen LogP contribution in [0.1, 0.15) is 23.5 Å². The van der Waals surface area contributed by atoms with Crippen molar-refractivity contribution in [2.45, 2.75) is 12.3 Å². The summed E-state index contributed by atoms with van der Waals surface area (Å²) in [5.41, 5.74) is 3.90. The van der Waals surface area contributed by atoms with Crippen LogP contribution >= 0.6 is 11.6 Å². The number of hydrogen-bond donors (Lipinski definition) is 1. The van der Waals surface area contributed by atoms with Crippen LogP contribution in [0, 0.1) is 0 Å². The Morgan fingerprint density at radius 2 is 1.88 bits per heavy atom. The number of hydrogen-bond acceptors (Lipinski definition) is 1. The van der Waals surface area contributed by atoms with Crippen molar-refractivity contribution < 1.29 is 0 Å². The average Bonchev–Trinajstić information content (AvgIpc) is 2.39. The first kappa shape index (κ1) is 10.7. The molecule has 0 aromatic heterocycles. The zero-order chi connectivity index (χ0) is 11.7. The quantitative estimate of drug-likeness (QED) is 0.788. The lowest BCUT2D eigenvalue weighted by Gasteiger charge is -2.27. The van der Waals surface area contributed by atoms with E-state index in [2.05, 4.69) is 47.8 Å². The maximum absolute atomic E-state index is 6.10. The van der Waals surface area contributed by atoms with Crippen molar-refractivity contribution in [2.75, 3.05) is 11.9 Å². The number of anilines is 1. The molecule has 1 N–H and O–H groups in total. The maximum atomic E-state index is 6.10. The lowest BCUT2D eigenvalue weighted by atomic mass is 9.85. The first-order chi connectivity index (χ1) is 8.34. The van der Waals surface area contributed by atoms with Crippen LogP contribution in [0.5, 0.6) is 0 Å². The Hall–Kier alpha value is -1.47. The van der Waals surface area contributed by atoms with Gasteiger partial charge in [-0.3, -0.25) is 0 Å². The topological polar surface area (TPSA) is 12.0 Å². The molecular weight excluding hydrogens is 230 g/mol. The van der Waals surface area contributed by atoms with E-state index in [4.69, 9.17) is 11.6 Å². The molecule has 1 unspecified atom stereocenters. The summed E-state index contributed by atoms with van der Waals surface area (Å²) in [4.78, 5) is 0. The highest BCUT2D eigenvalue weighted by Gasteiger charge is 2.21.